The second-order valence-corrected chi connectivity index (χ2v) is 3.15. The molecule has 0 saturated heterocycles. The number of benzene rings is 1. The van der Waals surface area contributed by atoms with Crippen molar-refractivity contribution in [3.63, 3.8) is 0 Å². The van der Waals surface area contributed by atoms with Crippen LogP contribution in [-0.2, 0) is 5.88 Å². The Kier molecular flexibility index (Phi) is 2.64. The Bertz CT molecular complexity index is 484. The Morgan fingerprint density at radius 1 is 1.27 bits per heavy atom. The maximum absolute atomic E-state index is 12.9. The predicted molar refractivity (Wildman–Crippen MR) is 50.8 cm³/mol. The highest BCUT2D eigenvalue weighted by molar-refractivity contribution is 6.16. The predicted octanol–water partition coefficient (Wildman–Crippen LogP) is 2.28. The average Bonchev–Trinajstić information content (AvgIpc) is 2.70. The van der Waals surface area contributed by atoms with Crippen molar-refractivity contribution in [2.24, 2.45) is 0 Å². The van der Waals surface area contributed by atoms with Crippen molar-refractivity contribution in [3.05, 3.63) is 41.7 Å². The van der Waals surface area contributed by atoms with Crippen molar-refractivity contribution in [2.45, 2.75) is 5.88 Å². The molecule has 0 fully saturated rings. The molecule has 0 unspecified atom stereocenters. The van der Waals surface area contributed by atoms with Gasteiger partial charge >= 0.3 is 0 Å². The number of hydrogen-bond acceptors (Lipinski definition) is 2. The third-order valence-corrected chi connectivity index (χ3v) is 2.12. The van der Waals surface area contributed by atoms with Gasteiger partial charge in [-0.05, 0) is 12.1 Å². The lowest BCUT2D eigenvalue weighted by Gasteiger charge is -1.99. The quantitative estimate of drug-likeness (QED) is 0.740. The molecule has 0 saturated carbocycles. The van der Waals surface area contributed by atoms with Gasteiger partial charge in [-0.2, -0.15) is 0 Å². The first-order valence-electron chi connectivity index (χ1n) is 4.13. The summed E-state index contributed by atoms with van der Waals surface area (Å²) in [5.74, 6) is -1.59. The van der Waals surface area contributed by atoms with E-state index in [0.717, 1.165) is 12.1 Å². The number of nitrogens with zero attached hydrogens (tertiary/aromatic N) is 3. The maximum atomic E-state index is 12.9. The zero-order chi connectivity index (χ0) is 10.8. The topological polar surface area (TPSA) is 30.7 Å². The number of rotatable bonds is 2. The summed E-state index contributed by atoms with van der Waals surface area (Å²) in [5.41, 5.74) is 0.971. The molecule has 0 spiro atoms. The van der Waals surface area contributed by atoms with Gasteiger partial charge in [0.05, 0.1) is 23.5 Å². The largest absolute Gasteiger partial charge is 0.220 e. The first kappa shape index (κ1) is 10.0. The molecule has 0 aliphatic carbocycles. The summed E-state index contributed by atoms with van der Waals surface area (Å²) in [4.78, 5) is 0. The van der Waals surface area contributed by atoms with E-state index < -0.39 is 11.6 Å². The van der Waals surface area contributed by atoms with Gasteiger partial charge in [-0.25, -0.2) is 13.5 Å². The Morgan fingerprint density at radius 3 is 2.67 bits per heavy atom. The van der Waals surface area contributed by atoms with Crippen molar-refractivity contribution in [2.75, 3.05) is 0 Å². The average molecular weight is 230 g/mol. The van der Waals surface area contributed by atoms with Gasteiger partial charge in [-0.3, -0.25) is 0 Å². The van der Waals surface area contributed by atoms with Crippen LogP contribution in [0.2, 0.25) is 0 Å². The fraction of sp³-hybridized carbons (Fsp3) is 0.111. The summed E-state index contributed by atoms with van der Waals surface area (Å²) in [7, 11) is 0. The van der Waals surface area contributed by atoms with E-state index >= 15 is 0 Å². The molecule has 0 aliphatic heterocycles. The molecule has 6 heteroatoms. The van der Waals surface area contributed by atoms with E-state index in [0.29, 0.717) is 11.4 Å². The Hall–Kier alpha value is -1.49. The molecule has 1 heterocycles. The number of aromatic nitrogens is 3. The smallest absolute Gasteiger partial charge is 0.160 e. The van der Waals surface area contributed by atoms with Crippen LogP contribution in [0.15, 0.2) is 24.4 Å². The highest BCUT2D eigenvalue weighted by Gasteiger charge is 2.06. The lowest BCUT2D eigenvalue weighted by molar-refractivity contribution is 0.507. The Balaban J connectivity index is 2.40. The van der Waals surface area contributed by atoms with Crippen molar-refractivity contribution in [1.82, 2.24) is 15.0 Å². The highest BCUT2D eigenvalue weighted by atomic mass is 35.5. The second kappa shape index (κ2) is 3.94. The summed E-state index contributed by atoms with van der Waals surface area (Å²) in [6, 6.07) is 3.49. The van der Waals surface area contributed by atoms with Crippen LogP contribution in [0.3, 0.4) is 0 Å². The van der Waals surface area contributed by atoms with Crippen LogP contribution in [0.1, 0.15) is 5.69 Å². The monoisotopic (exact) mass is 229 g/mol. The van der Waals surface area contributed by atoms with Gasteiger partial charge in [0, 0.05) is 6.07 Å². The minimum absolute atomic E-state index is 0.226. The van der Waals surface area contributed by atoms with Gasteiger partial charge in [-0.15, -0.1) is 16.7 Å². The first-order valence-corrected chi connectivity index (χ1v) is 4.67. The van der Waals surface area contributed by atoms with Crippen molar-refractivity contribution < 1.29 is 8.78 Å². The van der Waals surface area contributed by atoms with Crippen LogP contribution in [-0.4, -0.2) is 15.0 Å². The van der Waals surface area contributed by atoms with Gasteiger partial charge in [0.1, 0.15) is 0 Å². The lowest BCUT2D eigenvalue weighted by atomic mass is 10.3. The minimum Gasteiger partial charge on any atom is -0.220 e. The van der Waals surface area contributed by atoms with E-state index in [9.17, 15) is 8.78 Å². The molecule has 0 radical (unpaired) electrons. The van der Waals surface area contributed by atoms with E-state index in [2.05, 4.69) is 10.3 Å². The number of alkyl halides is 1. The van der Waals surface area contributed by atoms with E-state index in [1.165, 1.54) is 10.7 Å². The molecule has 78 valence electrons. The van der Waals surface area contributed by atoms with Crippen LogP contribution >= 0.6 is 11.6 Å². The summed E-state index contributed by atoms with van der Waals surface area (Å²) in [6.07, 6.45) is 1.56. The zero-order valence-corrected chi connectivity index (χ0v) is 8.25. The van der Waals surface area contributed by atoms with Crippen LogP contribution in [0, 0.1) is 11.6 Å². The van der Waals surface area contributed by atoms with Crippen LogP contribution < -0.4 is 0 Å². The zero-order valence-electron chi connectivity index (χ0n) is 7.49. The number of hydrogen-bond donors (Lipinski definition) is 0. The summed E-state index contributed by atoms with van der Waals surface area (Å²) >= 11 is 5.53. The molecule has 2 aromatic rings. The first-order chi connectivity index (χ1) is 7.20. The SMILES string of the molecule is Fc1ccc(-n2cc(CCl)nn2)cc1F. The Labute approximate surface area is 89.3 Å². The fourth-order valence-electron chi connectivity index (χ4n) is 1.11. The molecule has 3 nitrogen and oxygen atoms in total. The molecule has 0 aliphatic rings. The van der Waals surface area contributed by atoms with Gasteiger partial charge in [0.2, 0.25) is 0 Å². The van der Waals surface area contributed by atoms with E-state index in [4.69, 9.17) is 11.6 Å². The fourth-order valence-corrected chi connectivity index (χ4v) is 1.24. The molecule has 2 rings (SSSR count). The summed E-state index contributed by atoms with van der Waals surface area (Å²) in [5, 5.41) is 7.45. The van der Waals surface area contributed by atoms with E-state index in [1.807, 2.05) is 0 Å². The van der Waals surface area contributed by atoms with Crippen LogP contribution in [0.25, 0.3) is 5.69 Å². The molecular weight excluding hydrogens is 224 g/mol. The number of halogens is 3. The molecule has 0 bridgehead atoms. The van der Waals surface area contributed by atoms with Crippen molar-refractivity contribution in [3.8, 4) is 5.69 Å². The van der Waals surface area contributed by atoms with Gasteiger partial charge in [-0.1, -0.05) is 5.21 Å². The highest BCUT2D eigenvalue weighted by Crippen LogP contribution is 2.12. The second-order valence-electron chi connectivity index (χ2n) is 2.89. The van der Waals surface area contributed by atoms with Crippen molar-refractivity contribution in [1.29, 1.82) is 0 Å². The minimum atomic E-state index is -0.921. The van der Waals surface area contributed by atoms with Crippen LogP contribution in [0.5, 0.6) is 0 Å². The van der Waals surface area contributed by atoms with Crippen molar-refractivity contribution >= 4 is 11.6 Å². The van der Waals surface area contributed by atoms with Gasteiger partial charge < -0.3 is 0 Å². The summed E-state index contributed by atoms with van der Waals surface area (Å²) in [6.45, 7) is 0. The van der Waals surface area contributed by atoms with Gasteiger partial charge in [0.25, 0.3) is 0 Å². The van der Waals surface area contributed by atoms with E-state index in [1.54, 1.807) is 6.20 Å². The molecule has 1 aromatic carbocycles. The molecular formula is C9H6ClF2N3. The lowest BCUT2D eigenvalue weighted by Crippen LogP contribution is -1.96. The molecule has 1 aromatic heterocycles. The van der Waals surface area contributed by atoms with E-state index in [-0.39, 0.29) is 5.88 Å². The summed E-state index contributed by atoms with van der Waals surface area (Å²) < 4.78 is 26.9. The molecule has 0 atom stereocenters. The Morgan fingerprint density at radius 2 is 2.07 bits per heavy atom. The molecule has 0 N–H and O–H groups in total. The van der Waals surface area contributed by atoms with Crippen LogP contribution in [0.4, 0.5) is 8.78 Å². The maximum Gasteiger partial charge on any atom is 0.160 e. The molecule has 15 heavy (non-hydrogen) atoms. The molecule has 0 amide bonds. The normalized spacial score (nSPS) is 10.6. The van der Waals surface area contributed by atoms with Gasteiger partial charge in [0.15, 0.2) is 11.6 Å². The third-order valence-electron chi connectivity index (χ3n) is 1.85. The third kappa shape index (κ3) is 1.97. The standard InChI is InChI=1S/C9H6ClF2N3/c10-4-6-5-15(14-13-6)7-1-2-8(11)9(12)3-7/h1-3,5H,4H2.